The molecule has 1 saturated heterocycles. The van der Waals surface area contributed by atoms with Gasteiger partial charge in [0, 0.05) is 44.8 Å². The van der Waals surface area contributed by atoms with Gasteiger partial charge in [0.2, 0.25) is 5.91 Å². The van der Waals surface area contributed by atoms with Crippen LogP contribution in [-0.4, -0.2) is 46.7 Å². The molecule has 0 aliphatic carbocycles. The number of hydrogen-bond acceptors (Lipinski definition) is 3. The van der Waals surface area contributed by atoms with E-state index in [0.29, 0.717) is 18.4 Å². The second-order valence-electron chi connectivity index (χ2n) is 8.58. The summed E-state index contributed by atoms with van der Waals surface area (Å²) in [4.78, 5) is 19.1. The van der Waals surface area contributed by atoms with Gasteiger partial charge in [0.15, 0.2) is 5.96 Å². The Balaban J connectivity index is 0.00000324. The van der Waals surface area contributed by atoms with Crippen LogP contribution in [0.4, 0.5) is 5.69 Å². The molecule has 2 N–H and O–H groups in total. The van der Waals surface area contributed by atoms with E-state index in [2.05, 4.69) is 62.9 Å². The molecule has 2 aromatic carbocycles. The lowest BCUT2D eigenvalue weighted by Gasteiger charge is -2.39. The van der Waals surface area contributed by atoms with Crippen molar-refractivity contribution in [2.45, 2.75) is 32.4 Å². The molecule has 180 valence electrons. The van der Waals surface area contributed by atoms with Crippen LogP contribution >= 0.6 is 24.0 Å². The zero-order valence-corrected chi connectivity index (χ0v) is 22.1. The average Bonchev–Trinajstić information content (AvgIpc) is 3.33. The first-order valence-electron chi connectivity index (χ1n) is 11.5. The lowest BCUT2D eigenvalue weighted by molar-refractivity contribution is -0.116. The molecule has 7 nitrogen and oxygen atoms in total. The van der Waals surface area contributed by atoms with Gasteiger partial charge in [0.25, 0.3) is 0 Å². The number of hydrogen-bond donors (Lipinski definition) is 2. The summed E-state index contributed by atoms with van der Waals surface area (Å²) in [6.45, 7) is 5.12. The highest BCUT2D eigenvalue weighted by molar-refractivity contribution is 14.0. The summed E-state index contributed by atoms with van der Waals surface area (Å²) in [6.07, 6.45) is 4.55. The smallest absolute Gasteiger partial charge is 0.246 e. The van der Waals surface area contributed by atoms with Crippen molar-refractivity contribution < 1.29 is 4.79 Å². The van der Waals surface area contributed by atoms with Gasteiger partial charge in [-0.15, -0.1) is 24.0 Å². The number of carbonyl (C=O) groups excluding carboxylic acids is 1. The predicted molar refractivity (Wildman–Crippen MR) is 147 cm³/mol. The largest absolute Gasteiger partial charge is 0.352 e. The van der Waals surface area contributed by atoms with Crippen molar-refractivity contribution in [2.75, 3.05) is 25.5 Å². The van der Waals surface area contributed by atoms with Gasteiger partial charge in [-0.2, -0.15) is 5.10 Å². The first-order chi connectivity index (χ1) is 16.1. The Morgan fingerprint density at radius 1 is 1.15 bits per heavy atom. The maximum atomic E-state index is 12.3. The van der Waals surface area contributed by atoms with E-state index in [4.69, 9.17) is 0 Å². The quantitative estimate of drug-likeness (QED) is 0.262. The number of carbonyl (C=O) groups is 1. The standard InChI is InChI=1S/C26H32N6O.HI/c1-20-18-31(15-12-24(20)22-9-4-3-5-10-22)26(27-2)28-17-21-8-6-11-23(16-21)30-25(33)19-32-14-7-13-29-32;/h3-11,13-14,16,20,24H,12,15,17-19H2,1-2H3,(H,27,28)(H,30,33);1H. The van der Waals surface area contributed by atoms with E-state index < -0.39 is 0 Å². The van der Waals surface area contributed by atoms with Gasteiger partial charge in [-0.3, -0.25) is 14.5 Å². The summed E-state index contributed by atoms with van der Waals surface area (Å²) in [5.74, 6) is 1.95. The molecule has 4 rings (SSSR count). The number of anilines is 1. The first kappa shape index (κ1) is 25.7. The minimum atomic E-state index is -0.102. The highest BCUT2D eigenvalue weighted by Gasteiger charge is 2.28. The number of guanidine groups is 1. The third-order valence-electron chi connectivity index (χ3n) is 6.17. The molecule has 1 fully saturated rings. The minimum absolute atomic E-state index is 0. The number of rotatable bonds is 6. The highest BCUT2D eigenvalue weighted by atomic mass is 127. The van der Waals surface area contributed by atoms with E-state index in [1.807, 2.05) is 31.3 Å². The number of aliphatic imine (C=N–C) groups is 1. The Bertz CT molecular complexity index is 1070. The molecule has 8 heteroatoms. The number of amides is 1. The van der Waals surface area contributed by atoms with Gasteiger partial charge in [-0.1, -0.05) is 49.4 Å². The molecule has 0 bridgehead atoms. The van der Waals surface area contributed by atoms with Crippen LogP contribution in [0.2, 0.25) is 0 Å². The maximum Gasteiger partial charge on any atom is 0.246 e. The monoisotopic (exact) mass is 572 g/mol. The summed E-state index contributed by atoms with van der Waals surface area (Å²) in [7, 11) is 1.84. The van der Waals surface area contributed by atoms with Crippen molar-refractivity contribution in [1.29, 1.82) is 0 Å². The fourth-order valence-corrected chi connectivity index (χ4v) is 4.55. The third kappa shape index (κ3) is 6.82. The van der Waals surface area contributed by atoms with E-state index in [9.17, 15) is 4.79 Å². The van der Waals surface area contributed by atoms with Gasteiger partial charge >= 0.3 is 0 Å². The van der Waals surface area contributed by atoms with Crippen molar-refractivity contribution in [2.24, 2.45) is 10.9 Å². The number of nitrogens with one attached hydrogen (secondary N) is 2. The van der Waals surface area contributed by atoms with Crippen LogP contribution in [0.1, 0.15) is 30.4 Å². The summed E-state index contributed by atoms with van der Waals surface area (Å²) >= 11 is 0. The fourth-order valence-electron chi connectivity index (χ4n) is 4.55. The van der Waals surface area contributed by atoms with Gasteiger partial charge < -0.3 is 15.5 Å². The summed E-state index contributed by atoms with van der Waals surface area (Å²) in [6, 6.07) is 20.5. The molecule has 1 amide bonds. The second kappa shape index (κ2) is 12.5. The highest BCUT2D eigenvalue weighted by Crippen LogP contribution is 2.32. The average molecular weight is 572 g/mol. The number of halogens is 1. The number of nitrogens with zero attached hydrogens (tertiary/aromatic N) is 4. The number of benzene rings is 2. The van der Waals surface area contributed by atoms with Crippen molar-refractivity contribution in [3.05, 3.63) is 84.2 Å². The third-order valence-corrected chi connectivity index (χ3v) is 6.17. The van der Waals surface area contributed by atoms with Gasteiger partial charge in [0.1, 0.15) is 6.54 Å². The molecular weight excluding hydrogens is 539 g/mol. The second-order valence-corrected chi connectivity index (χ2v) is 8.58. The lowest BCUT2D eigenvalue weighted by atomic mass is 9.82. The van der Waals surface area contributed by atoms with Gasteiger partial charge in [0.05, 0.1) is 0 Å². The molecule has 1 aromatic heterocycles. The summed E-state index contributed by atoms with van der Waals surface area (Å²) < 4.78 is 1.60. The molecule has 0 spiro atoms. The SMILES string of the molecule is CN=C(NCc1cccc(NC(=O)Cn2cccn2)c1)N1CCC(c2ccccc2)C(C)C1.I. The van der Waals surface area contributed by atoms with Crippen molar-refractivity contribution in [3.63, 3.8) is 0 Å². The van der Waals surface area contributed by atoms with E-state index in [-0.39, 0.29) is 36.4 Å². The van der Waals surface area contributed by atoms with Crippen molar-refractivity contribution in [1.82, 2.24) is 20.0 Å². The van der Waals surface area contributed by atoms with Gasteiger partial charge in [-0.05, 0) is 47.6 Å². The molecule has 2 heterocycles. The number of piperidine rings is 1. The molecule has 34 heavy (non-hydrogen) atoms. The first-order valence-corrected chi connectivity index (χ1v) is 11.5. The van der Waals surface area contributed by atoms with E-state index in [1.165, 1.54) is 5.56 Å². The normalized spacial score (nSPS) is 18.2. The van der Waals surface area contributed by atoms with Crippen molar-refractivity contribution >= 4 is 41.5 Å². The molecule has 2 atom stereocenters. The Morgan fingerprint density at radius 3 is 2.68 bits per heavy atom. The van der Waals surface area contributed by atoms with Crippen LogP contribution in [-0.2, 0) is 17.9 Å². The van der Waals surface area contributed by atoms with Crippen LogP contribution in [0.15, 0.2) is 78.0 Å². The Hall–Kier alpha value is -2.88. The molecule has 3 aromatic rings. The Labute approximate surface area is 218 Å². The fraction of sp³-hybridized carbons (Fsp3) is 0.346. The Kier molecular flexibility index (Phi) is 9.50. The zero-order valence-electron chi connectivity index (χ0n) is 19.7. The zero-order chi connectivity index (χ0) is 23.0. The van der Waals surface area contributed by atoms with Crippen LogP contribution in [0, 0.1) is 5.92 Å². The molecule has 2 unspecified atom stereocenters. The van der Waals surface area contributed by atoms with E-state index in [1.54, 1.807) is 23.1 Å². The van der Waals surface area contributed by atoms with Gasteiger partial charge in [-0.25, -0.2) is 0 Å². The Morgan fingerprint density at radius 2 is 1.97 bits per heavy atom. The van der Waals surface area contributed by atoms with E-state index in [0.717, 1.165) is 36.7 Å². The molecule has 1 aliphatic heterocycles. The van der Waals surface area contributed by atoms with Crippen LogP contribution in [0.25, 0.3) is 0 Å². The lowest BCUT2D eigenvalue weighted by Crippen LogP contribution is -2.47. The van der Waals surface area contributed by atoms with Crippen molar-refractivity contribution in [3.8, 4) is 0 Å². The molecule has 0 saturated carbocycles. The minimum Gasteiger partial charge on any atom is -0.352 e. The molecule has 1 aliphatic rings. The number of aromatic nitrogens is 2. The maximum absolute atomic E-state index is 12.3. The summed E-state index contributed by atoms with van der Waals surface area (Å²) in [5.41, 5.74) is 3.29. The number of likely N-dealkylation sites (tertiary alicyclic amines) is 1. The van der Waals surface area contributed by atoms with Crippen LogP contribution < -0.4 is 10.6 Å². The topological polar surface area (TPSA) is 74.5 Å². The van der Waals surface area contributed by atoms with Crippen LogP contribution in [0.5, 0.6) is 0 Å². The predicted octanol–water partition coefficient (Wildman–Crippen LogP) is 4.34. The molecular formula is C26H33IN6O. The summed E-state index contributed by atoms with van der Waals surface area (Å²) in [5, 5.41) is 10.5. The van der Waals surface area contributed by atoms with Crippen LogP contribution in [0.3, 0.4) is 0 Å². The van der Waals surface area contributed by atoms with E-state index >= 15 is 0 Å². The molecule has 0 radical (unpaired) electrons.